The van der Waals surface area contributed by atoms with Gasteiger partial charge in [-0.3, -0.25) is 4.57 Å². The third-order valence-electron chi connectivity index (χ3n) is 1.59. The first-order valence-electron chi connectivity index (χ1n) is 4.08. The third kappa shape index (κ3) is 3.63. The van der Waals surface area contributed by atoms with Crippen molar-refractivity contribution >= 4 is 27.4 Å². The van der Waals surface area contributed by atoms with E-state index in [4.69, 9.17) is 4.89 Å². The van der Waals surface area contributed by atoms with Gasteiger partial charge in [0.25, 0.3) is 0 Å². The van der Waals surface area contributed by atoms with E-state index >= 15 is 0 Å². The lowest BCUT2D eigenvalue weighted by Gasteiger charge is -2.09. The Balaban J connectivity index is 2.90. The van der Waals surface area contributed by atoms with Crippen LogP contribution >= 0.6 is 27.4 Å². The molecule has 0 aliphatic rings. The zero-order valence-corrected chi connectivity index (χ0v) is 10.9. The van der Waals surface area contributed by atoms with Gasteiger partial charge >= 0.3 is 20.4 Å². The Kier molecular flexibility index (Phi) is 5.05. The Morgan fingerprint density at radius 1 is 1.62 bits per heavy atom. The van der Waals surface area contributed by atoms with Crippen LogP contribution < -0.4 is 0 Å². The fourth-order valence-corrected chi connectivity index (χ4v) is 4.61. The molecular formula is C7H10NO5P2S+. The number of aromatic nitrogens is 1. The van der Waals surface area contributed by atoms with Gasteiger partial charge in [0.05, 0.1) is 0 Å². The molecule has 6 nitrogen and oxygen atoms in total. The Labute approximate surface area is 97.5 Å². The Morgan fingerprint density at radius 2 is 2.31 bits per heavy atom. The average molecular weight is 282 g/mol. The molecule has 0 spiro atoms. The van der Waals surface area contributed by atoms with Crippen molar-refractivity contribution in [3.63, 3.8) is 0 Å². The van der Waals surface area contributed by atoms with E-state index in [1.54, 1.807) is 18.2 Å². The molecule has 2 N–H and O–H groups in total. The maximum absolute atomic E-state index is 11.5. The Hall–Kier alpha value is -0.290. The van der Waals surface area contributed by atoms with Crippen LogP contribution in [0.25, 0.3) is 0 Å². The van der Waals surface area contributed by atoms with Crippen molar-refractivity contribution < 1.29 is 23.4 Å². The molecule has 0 amide bonds. The minimum absolute atomic E-state index is 0.385. The third-order valence-corrected chi connectivity index (χ3v) is 7.19. The monoisotopic (exact) mass is 282 g/mol. The first kappa shape index (κ1) is 13.8. The van der Waals surface area contributed by atoms with Crippen LogP contribution in [0.4, 0.5) is 0 Å². The molecule has 1 aromatic heterocycles. The van der Waals surface area contributed by atoms with E-state index in [-0.39, 0.29) is 0 Å². The van der Waals surface area contributed by atoms with Crippen LogP contribution in [0.1, 0.15) is 0 Å². The molecule has 1 aromatic rings. The number of thioether (sulfide) groups is 1. The van der Waals surface area contributed by atoms with E-state index in [0.717, 1.165) is 18.9 Å². The molecule has 2 unspecified atom stereocenters. The van der Waals surface area contributed by atoms with Crippen LogP contribution in [0.5, 0.6) is 0 Å². The lowest BCUT2D eigenvalue weighted by Crippen LogP contribution is -2.00. The molecule has 88 valence electrons. The highest BCUT2D eigenvalue weighted by molar-refractivity contribution is 8.10. The summed E-state index contributed by atoms with van der Waals surface area (Å²) in [4.78, 5) is 22.2. The minimum Gasteiger partial charge on any atom is -0.320 e. The summed E-state index contributed by atoms with van der Waals surface area (Å²) in [5.41, 5.74) is 0. The van der Waals surface area contributed by atoms with Crippen molar-refractivity contribution in [3.8, 4) is 0 Å². The molecule has 1 heterocycles. The fourth-order valence-electron chi connectivity index (χ4n) is 0.851. The van der Waals surface area contributed by atoms with Gasteiger partial charge in [0.1, 0.15) is 5.03 Å². The number of nitrogens with zero attached hydrogens (tertiary/aromatic N) is 1. The minimum atomic E-state index is -4.12. The topological polar surface area (TPSA) is 96.7 Å². The Morgan fingerprint density at radius 3 is 2.75 bits per heavy atom. The van der Waals surface area contributed by atoms with Gasteiger partial charge in [0, 0.05) is 13.3 Å². The summed E-state index contributed by atoms with van der Waals surface area (Å²) in [6.45, 7) is 0. The highest BCUT2D eigenvalue weighted by Crippen LogP contribution is 2.61. The molecule has 3 atom stereocenters. The first-order chi connectivity index (χ1) is 7.47. The molecule has 0 aliphatic carbocycles. The van der Waals surface area contributed by atoms with E-state index in [1.807, 2.05) is 0 Å². The second kappa shape index (κ2) is 5.87. The standard InChI is InChI=1S/C7H9NO5P2S/c1-13-15(11,12)7(14(9)10)16-6-4-2-3-5-8-6/h2-5,7H,1H3,(H-,9,10,11,12)/p+1/t7-/m0/s1. The molecule has 0 aromatic carbocycles. The molecule has 0 radical (unpaired) electrons. The van der Waals surface area contributed by atoms with Gasteiger partial charge in [-0.05, 0) is 28.5 Å². The second-order valence-corrected chi connectivity index (χ2v) is 8.02. The number of hydrogen-bond donors (Lipinski definition) is 2. The maximum atomic E-state index is 11.5. The molecule has 0 aliphatic heterocycles. The summed E-state index contributed by atoms with van der Waals surface area (Å²) >= 11 is 0.745. The number of pyridine rings is 1. The zero-order valence-electron chi connectivity index (χ0n) is 8.26. The lowest BCUT2D eigenvalue weighted by atomic mass is 10.5. The fraction of sp³-hybridized carbons (Fsp3) is 0.286. The van der Waals surface area contributed by atoms with Crippen LogP contribution in [0.2, 0.25) is 0 Å². The van der Waals surface area contributed by atoms with Gasteiger partial charge in [-0.1, -0.05) is 6.07 Å². The summed E-state index contributed by atoms with van der Waals surface area (Å²) in [6, 6.07) is 4.92. The van der Waals surface area contributed by atoms with Crippen molar-refractivity contribution in [3.05, 3.63) is 24.4 Å². The summed E-state index contributed by atoms with van der Waals surface area (Å²) in [6.07, 6.45) is 1.49. The maximum Gasteiger partial charge on any atom is 0.533 e. The molecule has 0 saturated carbocycles. The summed E-state index contributed by atoms with van der Waals surface area (Å²) in [7, 11) is -5.94. The van der Waals surface area contributed by atoms with Gasteiger partial charge in [-0.2, -0.15) is 4.89 Å². The predicted octanol–water partition coefficient (Wildman–Crippen LogP) is 2.02. The van der Waals surface area contributed by atoms with Crippen LogP contribution in [0, 0.1) is 0 Å². The Bertz CT molecular complexity index is 414. The van der Waals surface area contributed by atoms with Gasteiger partial charge in [-0.15, -0.1) is 0 Å². The van der Waals surface area contributed by atoms with E-state index in [2.05, 4.69) is 9.51 Å². The molecule has 0 bridgehead atoms. The van der Waals surface area contributed by atoms with Crippen molar-refractivity contribution in [2.45, 2.75) is 9.76 Å². The molecular weight excluding hydrogens is 272 g/mol. The first-order valence-corrected chi connectivity index (χ1v) is 7.89. The van der Waals surface area contributed by atoms with E-state index in [9.17, 15) is 14.0 Å². The van der Waals surface area contributed by atoms with Crippen molar-refractivity contribution in [1.29, 1.82) is 0 Å². The molecule has 16 heavy (non-hydrogen) atoms. The lowest BCUT2D eigenvalue weighted by molar-refractivity contribution is 0.317. The average Bonchev–Trinajstić information content (AvgIpc) is 2.26. The normalized spacial score (nSPS) is 17.6. The summed E-state index contributed by atoms with van der Waals surface area (Å²) in [5, 5.41) is 0.385. The van der Waals surface area contributed by atoms with Crippen LogP contribution in [-0.2, 0) is 13.7 Å². The van der Waals surface area contributed by atoms with E-state index in [0.29, 0.717) is 5.03 Å². The SMILES string of the molecule is COP(=O)(O)[C@@H](Sc1ccccn1)[P+](=O)O. The van der Waals surface area contributed by atoms with Gasteiger partial charge in [-0.25, -0.2) is 4.98 Å². The van der Waals surface area contributed by atoms with Gasteiger partial charge in [0.15, 0.2) is 0 Å². The van der Waals surface area contributed by atoms with Crippen molar-refractivity contribution in [2.24, 2.45) is 0 Å². The molecule has 1 rings (SSSR count). The smallest absolute Gasteiger partial charge is 0.320 e. The molecule has 0 saturated heterocycles. The highest BCUT2D eigenvalue weighted by Gasteiger charge is 2.48. The van der Waals surface area contributed by atoms with E-state index < -0.39 is 20.4 Å². The van der Waals surface area contributed by atoms with Gasteiger partial charge in [0.2, 0.25) is 0 Å². The van der Waals surface area contributed by atoms with E-state index in [1.165, 1.54) is 6.20 Å². The molecule has 0 fully saturated rings. The summed E-state index contributed by atoms with van der Waals surface area (Å²) in [5.74, 6) is 0. The second-order valence-electron chi connectivity index (χ2n) is 2.66. The molecule has 9 heteroatoms. The largest absolute Gasteiger partial charge is 0.533 e. The van der Waals surface area contributed by atoms with Crippen molar-refractivity contribution in [1.82, 2.24) is 4.98 Å². The highest BCUT2D eigenvalue weighted by atomic mass is 32.2. The quantitative estimate of drug-likeness (QED) is 0.629. The van der Waals surface area contributed by atoms with Crippen LogP contribution in [-0.4, -0.2) is 26.6 Å². The van der Waals surface area contributed by atoms with Gasteiger partial charge < -0.3 is 9.42 Å². The summed E-state index contributed by atoms with van der Waals surface area (Å²) < 4.78 is 25.4. The van der Waals surface area contributed by atoms with Crippen LogP contribution in [0.15, 0.2) is 29.4 Å². The van der Waals surface area contributed by atoms with Crippen LogP contribution in [0.3, 0.4) is 0 Å². The number of hydrogen-bond acceptors (Lipinski definition) is 5. The predicted molar refractivity (Wildman–Crippen MR) is 60.5 cm³/mol. The number of rotatable bonds is 5. The van der Waals surface area contributed by atoms with Crippen molar-refractivity contribution in [2.75, 3.05) is 7.11 Å². The zero-order chi connectivity index (χ0) is 12.2.